The maximum atomic E-state index is 11.8. The second kappa shape index (κ2) is 3.88. The third kappa shape index (κ3) is 7.84. The standard InChI is InChI=1S/C5H12FNO2S/c1-5(7)3-2-4-10(6,8)9/h5H,2-4,7H2,1H3. The van der Waals surface area contributed by atoms with Crippen LogP contribution in [0.3, 0.4) is 0 Å². The van der Waals surface area contributed by atoms with Crippen LogP contribution in [0.25, 0.3) is 0 Å². The summed E-state index contributed by atoms with van der Waals surface area (Å²) in [6.45, 7) is 1.75. The van der Waals surface area contributed by atoms with Crippen molar-refractivity contribution in [2.75, 3.05) is 5.75 Å². The highest BCUT2D eigenvalue weighted by atomic mass is 32.3. The maximum Gasteiger partial charge on any atom is 0.302 e. The van der Waals surface area contributed by atoms with Crippen LogP contribution in [-0.4, -0.2) is 20.2 Å². The van der Waals surface area contributed by atoms with Gasteiger partial charge >= 0.3 is 10.2 Å². The Morgan fingerprint density at radius 3 is 2.40 bits per heavy atom. The highest BCUT2D eigenvalue weighted by Crippen LogP contribution is 1.99. The Labute approximate surface area is 60.6 Å². The molecule has 0 heterocycles. The largest absolute Gasteiger partial charge is 0.328 e. The Hall–Kier alpha value is -0.160. The lowest BCUT2D eigenvalue weighted by molar-refractivity contribution is 0.544. The van der Waals surface area contributed by atoms with Gasteiger partial charge in [0.1, 0.15) is 0 Å². The summed E-state index contributed by atoms with van der Waals surface area (Å²) in [6, 6.07) is -0.0539. The zero-order valence-electron chi connectivity index (χ0n) is 5.88. The topological polar surface area (TPSA) is 60.2 Å². The zero-order chi connectivity index (χ0) is 8.20. The van der Waals surface area contributed by atoms with E-state index in [9.17, 15) is 12.3 Å². The van der Waals surface area contributed by atoms with Crippen LogP contribution in [0.4, 0.5) is 3.89 Å². The lowest BCUT2D eigenvalue weighted by Gasteiger charge is -2.00. The molecule has 0 aliphatic heterocycles. The summed E-state index contributed by atoms with van der Waals surface area (Å²) in [5, 5.41) is 0. The van der Waals surface area contributed by atoms with Gasteiger partial charge in [0, 0.05) is 6.04 Å². The highest BCUT2D eigenvalue weighted by Gasteiger charge is 2.06. The monoisotopic (exact) mass is 169 g/mol. The molecule has 0 spiro atoms. The Bertz CT molecular complexity index is 176. The maximum absolute atomic E-state index is 11.8. The van der Waals surface area contributed by atoms with Crippen molar-refractivity contribution in [3.8, 4) is 0 Å². The molecule has 0 radical (unpaired) electrons. The Balaban J connectivity index is 3.39. The van der Waals surface area contributed by atoms with Gasteiger partial charge in [-0.05, 0) is 19.8 Å². The summed E-state index contributed by atoms with van der Waals surface area (Å²) in [7, 11) is -4.28. The van der Waals surface area contributed by atoms with Crippen molar-refractivity contribution < 1.29 is 12.3 Å². The number of halogens is 1. The molecule has 0 saturated carbocycles. The lowest BCUT2D eigenvalue weighted by atomic mass is 10.2. The molecule has 0 aromatic heterocycles. The molecule has 5 heteroatoms. The molecule has 1 atom stereocenters. The minimum atomic E-state index is -4.28. The van der Waals surface area contributed by atoms with E-state index in [1.54, 1.807) is 6.92 Å². The van der Waals surface area contributed by atoms with E-state index in [2.05, 4.69) is 0 Å². The van der Waals surface area contributed by atoms with Gasteiger partial charge in [-0.2, -0.15) is 8.42 Å². The summed E-state index contributed by atoms with van der Waals surface area (Å²) in [4.78, 5) is 0. The molecule has 0 bridgehead atoms. The average Bonchev–Trinajstić information content (AvgIpc) is 1.59. The van der Waals surface area contributed by atoms with Gasteiger partial charge in [-0.3, -0.25) is 0 Å². The predicted molar refractivity (Wildman–Crippen MR) is 37.8 cm³/mol. The number of hydrogen-bond donors (Lipinski definition) is 1. The first kappa shape index (κ1) is 9.84. The van der Waals surface area contributed by atoms with Crippen LogP contribution in [-0.2, 0) is 10.2 Å². The van der Waals surface area contributed by atoms with Gasteiger partial charge in [0.25, 0.3) is 0 Å². The van der Waals surface area contributed by atoms with Crippen molar-refractivity contribution in [2.45, 2.75) is 25.8 Å². The highest BCUT2D eigenvalue weighted by molar-refractivity contribution is 7.86. The van der Waals surface area contributed by atoms with Crippen LogP contribution in [0.1, 0.15) is 19.8 Å². The fourth-order valence-corrected chi connectivity index (χ4v) is 1.09. The smallest absolute Gasteiger partial charge is 0.302 e. The first-order valence-electron chi connectivity index (χ1n) is 3.10. The van der Waals surface area contributed by atoms with E-state index in [-0.39, 0.29) is 6.04 Å². The Morgan fingerprint density at radius 1 is 1.60 bits per heavy atom. The molecule has 0 aliphatic carbocycles. The van der Waals surface area contributed by atoms with E-state index in [0.717, 1.165) is 0 Å². The first-order chi connectivity index (χ1) is 4.42. The second-order valence-corrected chi connectivity index (χ2v) is 3.85. The summed E-state index contributed by atoms with van der Waals surface area (Å²) < 4.78 is 31.6. The molecule has 0 saturated heterocycles. The molecule has 0 rings (SSSR count). The van der Waals surface area contributed by atoms with Crippen LogP contribution >= 0.6 is 0 Å². The molecule has 10 heavy (non-hydrogen) atoms. The van der Waals surface area contributed by atoms with E-state index < -0.39 is 16.0 Å². The van der Waals surface area contributed by atoms with Crippen LogP contribution < -0.4 is 5.73 Å². The minimum absolute atomic E-state index is 0.0539. The summed E-state index contributed by atoms with van der Waals surface area (Å²) in [5.41, 5.74) is 5.30. The molecule has 1 unspecified atom stereocenters. The summed E-state index contributed by atoms with van der Waals surface area (Å²) >= 11 is 0. The van der Waals surface area contributed by atoms with Gasteiger partial charge in [0.05, 0.1) is 5.75 Å². The zero-order valence-corrected chi connectivity index (χ0v) is 6.70. The van der Waals surface area contributed by atoms with E-state index in [1.165, 1.54) is 0 Å². The molecule has 62 valence electrons. The van der Waals surface area contributed by atoms with Gasteiger partial charge in [-0.1, -0.05) is 0 Å². The molecule has 0 aromatic carbocycles. The minimum Gasteiger partial charge on any atom is -0.328 e. The third-order valence-corrected chi connectivity index (χ3v) is 1.82. The second-order valence-electron chi connectivity index (χ2n) is 2.36. The molecular weight excluding hydrogens is 157 g/mol. The SMILES string of the molecule is CC(N)CCCS(=O)(=O)F. The molecule has 0 aromatic rings. The van der Waals surface area contributed by atoms with Crippen molar-refractivity contribution >= 4 is 10.2 Å². The van der Waals surface area contributed by atoms with Gasteiger partial charge in [-0.25, -0.2) is 0 Å². The molecular formula is C5H12FNO2S. The normalized spacial score (nSPS) is 15.1. The summed E-state index contributed by atoms with van der Waals surface area (Å²) in [5.74, 6) is -0.408. The van der Waals surface area contributed by atoms with E-state index >= 15 is 0 Å². The fourth-order valence-electron chi connectivity index (χ4n) is 0.578. The van der Waals surface area contributed by atoms with E-state index in [1.807, 2.05) is 0 Å². The first-order valence-corrected chi connectivity index (χ1v) is 4.65. The molecule has 0 fully saturated rings. The third-order valence-electron chi connectivity index (χ3n) is 1.05. The Morgan fingerprint density at radius 2 is 2.10 bits per heavy atom. The average molecular weight is 169 g/mol. The quantitative estimate of drug-likeness (QED) is 0.620. The lowest BCUT2D eigenvalue weighted by Crippen LogP contribution is -2.15. The van der Waals surface area contributed by atoms with Crippen LogP contribution in [0, 0.1) is 0 Å². The van der Waals surface area contributed by atoms with Crippen LogP contribution in [0.15, 0.2) is 0 Å². The van der Waals surface area contributed by atoms with Gasteiger partial charge in [-0.15, -0.1) is 3.89 Å². The van der Waals surface area contributed by atoms with Crippen molar-refractivity contribution in [1.29, 1.82) is 0 Å². The molecule has 0 amide bonds. The number of nitrogens with two attached hydrogens (primary N) is 1. The number of rotatable bonds is 4. The van der Waals surface area contributed by atoms with E-state index in [0.29, 0.717) is 12.8 Å². The van der Waals surface area contributed by atoms with Crippen LogP contribution in [0.5, 0.6) is 0 Å². The Kier molecular flexibility index (Phi) is 3.81. The van der Waals surface area contributed by atoms with Crippen molar-refractivity contribution in [2.24, 2.45) is 5.73 Å². The van der Waals surface area contributed by atoms with Gasteiger partial charge < -0.3 is 5.73 Å². The van der Waals surface area contributed by atoms with Gasteiger partial charge in [0.15, 0.2) is 0 Å². The molecule has 3 nitrogen and oxygen atoms in total. The van der Waals surface area contributed by atoms with Crippen LogP contribution in [0.2, 0.25) is 0 Å². The van der Waals surface area contributed by atoms with Crippen molar-refractivity contribution in [1.82, 2.24) is 0 Å². The van der Waals surface area contributed by atoms with Gasteiger partial charge in [0.2, 0.25) is 0 Å². The van der Waals surface area contributed by atoms with Crippen molar-refractivity contribution in [3.05, 3.63) is 0 Å². The number of hydrogen-bond acceptors (Lipinski definition) is 3. The molecule has 2 N–H and O–H groups in total. The predicted octanol–water partition coefficient (Wildman–Crippen LogP) is 0.413. The molecule has 0 aliphatic rings. The fraction of sp³-hybridized carbons (Fsp3) is 1.00. The van der Waals surface area contributed by atoms with Crippen molar-refractivity contribution in [3.63, 3.8) is 0 Å². The summed E-state index contributed by atoms with van der Waals surface area (Å²) in [6.07, 6.45) is 0.847. The van der Waals surface area contributed by atoms with E-state index in [4.69, 9.17) is 5.73 Å².